The Morgan fingerprint density at radius 1 is 1.44 bits per heavy atom. The van der Waals surface area contributed by atoms with Crippen LogP contribution in [0.25, 0.3) is 0 Å². The Morgan fingerprint density at radius 3 is 2.61 bits per heavy atom. The molecule has 1 aliphatic rings. The zero-order valence-electron chi connectivity index (χ0n) is 11.8. The quantitative estimate of drug-likeness (QED) is 0.842. The molecule has 0 amide bonds. The van der Waals surface area contributed by atoms with Crippen molar-refractivity contribution in [2.24, 2.45) is 5.41 Å². The summed E-state index contributed by atoms with van der Waals surface area (Å²) in [7, 11) is 0. The minimum atomic E-state index is 0.0751. The normalized spacial score (nSPS) is 26.4. The third-order valence-electron chi connectivity index (χ3n) is 4.00. The highest BCUT2D eigenvalue weighted by Gasteiger charge is 2.51. The van der Waals surface area contributed by atoms with Crippen LogP contribution in [0.15, 0.2) is 0 Å². The largest absolute Gasteiger partial charge is 0.378 e. The van der Waals surface area contributed by atoms with E-state index in [0.29, 0.717) is 23.3 Å². The van der Waals surface area contributed by atoms with Gasteiger partial charge in [0.1, 0.15) is 5.82 Å². The number of halogens is 1. The van der Waals surface area contributed by atoms with Crippen LogP contribution in [0.3, 0.4) is 0 Å². The van der Waals surface area contributed by atoms with Crippen molar-refractivity contribution in [3.63, 3.8) is 0 Å². The predicted octanol–water partition coefficient (Wildman–Crippen LogP) is 3.43. The van der Waals surface area contributed by atoms with E-state index in [-0.39, 0.29) is 5.41 Å². The number of ether oxygens (including phenoxy) is 1. The standard InChI is InChI=1S/C13H22ClN3O/c1-6-18-10-7-9(13(10,4)5)17-11(8(2)3)15-16-12(17)14/h8-10H,6-7H2,1-5H3. The maximum atomic E-state index is 6.20. The van der Waals surface area contributed by atoms with E-state index < -0.39 is 0 Å². The minimum absolute atomic E-state index is 0.0751. The molecule has 5 heteroatoms. The van der Waals surface area contributed by atoms with E-state index in [1.807, 2.05) is 6.92 Å². The van der Waals surface area contributed by atoms with Gasteiger partial charge in [0, 0.05) is 24.0 Å². The molecule has 2 unspecified atom stereocenters. The summed E-state index contributed by atoms with van der Waals surface area (Å²) in [5.74, 6) is 1.29. The molecule has 0 saturated heterocycles. The molecular weight excluding hydrogens is 250 g/mol. The molecule has 1 aromatic heterocycles. The van der Waals surface area contributed by atoms with Crippen LogP contribution in [0.2, 0.25) is 5.28 Å². The van der Waals surface area contributed by atoms with Crippen molar-refractivity contribution in [2.75, 3.05) is 6.61 Å². The third-order valence-corrected chi connectivity index (χ3v) is 4.26. The molecule has 0 N–H and O–H groups in total. The van der Waals surface area contributed by atoms with Gasteiger partial charge >= 0.3 is 0 Å². The zero-order chi connectivity index (χ0) is 13.5. The molecule has 4 nitrogen and oxygen atoms in total. The number of hydrogen-bond acceptors (Lipinski definition) is 3. The molecular formula is C13H22ClN3O. The Kier molecular flexibility index (Phi) is 3.70. The molecule has 1 heterocycles. The van der Waals surface area contributed by atoms with Crippen LogP contribution in [0.4, 0.5) is 0 Å². The van der Waals surface area contributed by atoms with Crippen molar-refractivity contribution in [2.45, 2.75) is 59.1 Å². The van der Waals surface area contributed by atoms with Crippen LogP contribution in [-0.2, 0) is 4.74 Å². The molecule has 0 radical (unpaired) electrons. The maximum Gasteiger partial charge on any atom is 0.225 e. The Balaban J connectivity index is 2.27. The number of aromatic nitrogens is 3. The maximum absolute atomic E-state index is 6.20. The molecule has 1 aromatic rings. The van der Waals surface area contributed by atoms with Gasteiger partial charge in [-0.05, 0) is 24.9 Å². The third kappa shape index (κ3) is 2.05. The van der Waals surface area contributed by atoms with Crippen molar-refractivity contribution in [1.29, 1.82) is 0 Å². The molecule has 1 saturated carbocycles. The summed E-state index contributed by atoms with van der Waals surface area (Å²) in [4.78, 5) is 0. The fraction of sp³-hybridized carbons (Fsp3) is 0.846. The molecule has 1 fully saturated rings. The second-order valence-corrected chi connectivity index (χ2v) is 6.21. The first-order chi connectivity index (χ1) is 8.39. The minimum Gasteiger partial charge on any atom is -0.378 e. The Hall–Kier alpha value is -0.610. The van der Waals surface area contributed by atoms with Crippen molar-refractivity contribution in [3.8, 4) is 0 Å². The number of rotatable bonds is 4. The molecule has 102 valence electrons. The van der Waals surface area contributed by atoms with E-state index in [0.717, 1.165) is 18.9 Å². The van der Waals surface area contributed by atoms with Gasteiger partial charge in [-0.15, -0.1) is 10.2 Å². The van der Waals surface area contributed by atoms with Gasteiger partial charge in [-0.3, -0.25) is 4.57 Å². The molecule has 0 bridgehead atoms. The lowest BCUT2D eigenvalue weighted by Crippen LogP contribution is -2.51. The van der Waals surface area contributed by atoms with Gasteiger partial charge in [0.15, 0.2) is 0 Å². The van der Waals surface area contributed by atoms with E-state index in [2.05, 4.69) is 42.5 Å². The van der Waals surface area contributed by atoms with Crippen LogP contribution >= 0.6 is 11.6 Å². The van der Waals surface area contributed by atoms with Gasteiger partial charge in [0.25, 0.3) is 0 Å². The van der Waals surface area contributed by atoms with Gasteiger partial charge in [-0.1, -0.05) is 27.7 Å². The number of nitrogens with zero attached hydrogens (tertiary/aromatic N) is 3. The fourth-order valence-corrected chi connectivity index (χ4v) is 2.99. The average Bonchev–Trinajstić information content (AvgIpc) is 2.66. The van der Waals surface area contributed by atoms with Gasteiger partial charge in [0.05, 0.1) is 6.10 Å². The lowest BCUT2D eigenvalue weighted by atomic mass is 9.64. The summed E-state index contributed by atoms with van der Waals surface area (Å²) in [6, 6.07) is 0.328. The van der Waals surface area contributed by atoms with Crippen LogP contribution < -0.4 is 0 Å². The summed E-state index contributed by atoms with van der Waals surface area (Å²) in [5, 5.41) is 8.70. The first kappa shape index (κ1) is 13.8. The number of hydrogen-bond donors (Lipinski definition) is 0. The van der Waals surface area contributed by atoms with Crippen molar-refractivity contribution in [1.82, 2.24) is 14.8 Å². The van der Waals surface area contributed by atoms with E-state index in [9.17, 15) is 0 Å². The van der Waals surface area contributed by atoms with Crippen LogP contribution in [0, 0.1) is 5.41 Å². The van der Waals surface area contributed by atoms with E-state index >= 15 is 0 Å². The van der Waals surface area contributed by atoms with Crippen LogP contribution in [0.1, 0.15) is 58.8 Å². The summed E-state index contributed by atoms with van der Waals surface area (Å²) in [6.45, 7) is 11.5. The Morgan fingerprint density at radius 2 is 2.11 bits per heavy atom. The molecule has 2 rings (SSSR count). The van der Waals surface area contributed by atoms with Gasteiger partial charge in [0.2, 0.25) is 5.28 Å². The van der Waals surface area contributed by atoms with Gasteiger partial charge in [-0.2, -0.15) is 0 Å². The topological polar surface area (TPSA) is 39.9 Å². The molecule has 1 aliphatic carbocycles. The monoisotopic (exact) mass is 271 g/mol. The summed E-state index contributed by atoms with van der Waals surface area (Å²) >= 11 is 6.20. The molecule has 0 aliphatic heterocycles. The van der Waals surface area contributed by atoms with E-state index in [1.54, 1.807) is 0 Å². The lowest BCUT2D eigenvalue weighted by molar-refractivity contribution is -0.128. The highest BCUT2D eigenvalue weighted by molar-refractivity contribution is 6.28. The first-order valence-corrected chi connectivity index (χ1v) is 6.99. The van der Waals surface area contributed by atoms with E-state index in [4.69, 9.17) is 16.3 Å². The van der Waals surface area contributed by atoms with Crippen LogP contribution in [-0.4, -0.2) is 27.5 Å². The summed E-state index contributed by atoms with van der Waals surface area (Å²) in [5.41, 5.74) is 0.0751. The van der Waals surface area contributed by atoms with Gasteiger partial charge in [-0.25, -0.2) is 0 Å². The van der Waals surface area contributed by atoms with Crippen molar-refractivity contribution in [3.05, 3.63) is 11.1 Å². The Labute approximate surface area is 114 Å². The van der Waals surface area contributed by atoms with Crippen molar-refractivity contribution >= 4 is 11.6 Å². The van der Waals surface area contributed by atoms with Crippen molar-refractivity contribution < 1.29 is 4.74 Å². The van der Waals surface area contributed by atoms with Crippen LogP contribution in [0.5, 0.6) is 0 Å². The second kappa shape index (κ2) is 4.82. The predicted molar refractivity (Wildman–Crippen MR) is 72.0 cm³/mol. The lowest BCUT2D eigenvalue weighted by Gasteiger charge is -2.52. The smallest absolute Gasteiger partial charge is 0.225 e. The molecule has 18 heavy (non-hydrogen) atoms. The Bertz CT molecular complexity index is 428. The molecule has 0 aromatic carbocycles. The molecule has 2 atom stereocenters. The SMILES string of the molecule is CCOC1CC(n2c(Cl)nnc2C(C)C)C1(C)C. The summed E-state index contributed by atoms with van der Waals surface area (Å²) in [6.07, 6.45) is 1.28. The summed E-state index contributed by atoms with van der Waals surface area (Å²) < 4.78 is 7.85. The fourth-order valence-electron chi connectivity index (χ4n) is 2.75. The molecule has 0 spiro atoms. The van der Waals surface area contributed by atoms with Gasteiger partial charge < -0.3 is 4.74 Å². The second-order valence-electron chi connectivity index (χ2n) is 5.87. The highest BCUT2D eigenvalue weighted by atomic mass is 35.5. The zero-order valence-corrected chi connectivity index (χ0v) is 12.5. The average molecular weight is 272 g/mol. The highest BCUT2D eigenvalue weighted by Crippen LogP contribution is 2.52. The van der Waals surface area contributed by atoms with E-state index in [1.165, 1.54) is 0 Å². The first-order valence-electron chi connectivity index (χ1n) is 6.61.